The van der Waals surface area contributed by atoms with E-state index in [9.17, 15) is 4.79 Å². The van der Waals surface area contributed by atoms with Gasteiger partial charge in [0.05, 0.1) is 0 Å². The van der Waals surface area contributed by atoms with Crippen LogP contribution < -0.4 is 11.1 Å². The highest BCUT2D eigenvalue weighted by atomic mass is 16.5. The lowest BCUT2D eigenvalue weighted by Gasteiger charge is -2.18. The van der Waals surface area contributed by atoms with Crippen molar-refractivity contribution in [1.82, 2.24) is 5.32 Å². The zero-order chi connectivity index (χ0) is 15.1. The molecule has 2 rings (SSSR count). The normalized spacial score (nSPS) is 13.4. The average Bonchev–Trinajstić information content (AvgIpc) is 2.55. The molecule has 0 bridgehead atoms. The van der Waals surface area contributed by atoms with Crippen molar-refractivity contribution >= 4 is 5.91 Å². The van der Waals surface area contributed by atoms with Gasteiger partial charge in [-0.25, -0.2) is 0 Å². The molecule has 21 heavy (non-hydrogen) atoms. The summed E-state index contributed by atoms with van der Waals surface area (Å²) in [5, 5.41) is 2.84. The fourth-order valence-electron chi connectivity index (χ4n) is 2.14. The van der Waals surface area contributed by atoms with E-state index in [-0.39, 0.29) is 11.9 Å². The first kappa shape index (κ1) is 15.2. The number of hydrogen-bond donors (Lipinski definition) is 2. The maximum absolute atomic E-state index is 12.2. The Balaban J connectivity index is 1.94. The summed E-state index contributed by atoms with van der Waals surface area (Å²) in [4.78, 5) is 12.2. The summed E-state index contributed by atoms with van der Waals surface area (Å²) < 4.78 is 5.28. The van der Waals surface area contributed by atoms with E-state index < -0.39 is 6.10 Å². The first-order valence-corrected chi connectivity index (χ1v) is 6.88. The standard InChI is InChI=1S/C17H20N2O2/c1-21-16(14-10-6-3-7-11-14)17(20)19-12-15(18)13-8-4-2-5-9-13/h2-11,15-16H,12,18H2,1H3,(H,19,20)/t15-,16+/m1/s1. The van der Waals surface area contributed by atoms with E-state index in [1.807, 2.05) is 60.7 Å². The van der Waals surface area contributed by atoms with E-state index in [0.717, 1.165) is 11.1 Å². The molecule has 0 unspecified atom stereocenters. The van der Waals surface area contributed by atoms with Gasteiger partial charge in [0.25, 0.3) is 5.91 Å². The highest BCUT2D eigenvalue weighted by Crippen LogP contribution is 2.16. The number of ether oxygens (including phenoxy) is 1. The Morgan fingerprint density at radius 1 is 1.05 bits per heavy atom. The van der Waals surface area contributed by atoms with Gasteiger partial charge in [-0.15, -0.1) is 0 Å². The predicted molar refractivity (Wildman–Crippen MR) is 82.6 cm³/mol. The largest absolute Gasteiger partial charge is 0.367 e. The SMILES string of the molecule is CO[C@H](C(=O)NC[C@@H](N)c1ccccc1)c1ccccc1. The molecular weight excluding hydrogens is 264 g/mol. The third-order valence-corrected chi connectivity index (χ3v) is 3.30. The van der Waals surface area contributed by atoms with Crippen LogP contribution in [0.25, 0.3) is 0 Å². The van der Waals surface area contributed by atoms with Crippen LogP contribution in [0.2, 0.25) is 0 Å². The highest BCUT2D eigenvalue weighted by molar-refractivity contribution is 5.82. The molecule has 0 saturated heterocycles. The maximum Gasteiger partial charge on any atom is 0.253 e. The molecule has 0 aliphatic carbocycles. The summed E-state index contributed by atoms with van der Waals surface area (Å²) in [5.74, 6) is -0.185. The van der Waals surface area contributed by atoms with Crippen LogP contribution in [0.3, 0.4) is 0 Å². The van der Waals surface area contributed by atoms with Gasteiger partial charge in [-0.3, -0.25) is 4.79 Å². The van der Waals surface area contributed by atoms with Gasteiger partial charge in [0, 0.05) is 19.7 Å². The zero-order valence-corrected chi connectivity index (χ0v) is 12.0. The minimum Gasteiger partial charge on any atom is -0.367 e. The molecular formula is C17H20N2O2. The number of nitrogens with one attached hydrogen (secondary N) is 1. The molecule has 0 spiro atoms. The van der Waals surface area contributed by atoms with Crippen LogP contribution in [0.15, 0.2) is 60.7 Å². The second-order valence-electron chi connectivity index (χ2n) is 4.79. The molecule has 0 aromatic heterocycles. The van der Waals surface area contributed by atoms with Gasteiger partial charge < -0.3 is 15.8 Å². The van der Waals surface area contributed by atoms with Crippen LogP contribution in [0.5, 0.6) is 0 Å². The average molecular weight is 284 g/mol. The molecule has 110 valence electrons. The highest BCUT2D eigenvalue weighted by Gasteiger charge is 2.20. The summed E-state index contributed by atoms with van der Waals surface area (Å²) in [7, 11) is 1.52. The monoisotopic (exact) mass is 284 g/mol. The fraction of sp³-hybridized carbons (Fsp3) is 0.235. The minimum atomic E-state index is -0.617. The lowest BCUT2D eigenvalue weighted by molar-refractivity contribution is -0.131. The molecule has 1 amide bonds. The van der Waals surface area contributed by atoms with Crippen molar-refractivity contribution in [1.29, 1.82) is 0 Å². The summed E-state index contributed by atoms with van der Waals surface area (Å²) >= 11 is 0. The van der Waals surface area contributed by atoms with E-state index in [1.54, 1.807) is 0 Å². The molecule has 0 aliphatic heterocycles. The third-order valence-electron chi connectivity index (χ3n) is 3.30. The van der Waals surface area contributed by atoms with Crippen molar-refractivity contribution in [3.05, 3.63) is 71.8 Å². The van der Waals surface area contributed by atoms with Gasteiger partial charge in [-0.2, -0.15) is 0 Å². The van der Waals surface area contributed by atoms with Crippen molar-refractivity contribution in [3.8, 4) is 0 Å². The van der Waals surface area contributed by atoms with Crippen molar-refractivity contribution < 1.29 is 9.53 Å². The second-order valence-corrected chi connectivity index (χ2v) is 4.79. The molecule has 2 aromatic carbocycles. The van der Waals surface area contributed by atoms with Crippen LogP contribution in [-0.4, -0.2) is 19.6 Å². The number of nitrogens with two attached hydrogens (primary N) is 1. The number of carbonyl (C=O) groups is 1. The molecule has 3 N–H and O–H groups in total. The Labute approximate surface area is 124 Å². The molecule has 2 aromatic rings. The van der Waals surface area contributed by atoms with Gasteiger partial charge in [0.1, 0.15) is 0 Å². The van der Waals surface area contributed by atoms with E-state index in [1.165, 1.54) is 7.11 Å². The molecule has 0 saturated carbocycles. The Bertz CT molecular complexity index is 558. The second kappa shape index (κ2) is 7.57. The number of benzene rings is 2. The van der Waals surface area contributed by atoms with Crippen molar-refractivity contribution in [2.75, 3.05) is 13.7 Å². The summed E-state index contributed by atoms with van der Waals surface area (Å²) in [6.45, 7) is 0.371. The van der Waals surface area contributed by atoms with E-state index in [2.05, 4.69) is 5.32 Å². The van der Waals surface area contributed by atoms with Crippen LogP contribution in [-0.2, 0) is 9.53 Å². The van der Waals surface area contributed by atoms with Crippen LogP contribution >= 0.6 is 0 Å². The molecule has 0 fully saturated rings. The summed E-state index contributed by atoms with van der Waals surface area (Å²) in [6, 6.07) is 18.8. The topological polar surface area (TPSA) is 64.3 Å². The Hall–Kier alpha value is -2.17. The van der Waals surface area contributed by atoms with Crippen molar-refractivity contribution in [3.63, 3.8) is 0 Å². The number of methoxy groups -OCH3 is 1. The van der Waals surface area contributed by atoms with E-state index >= 15 is 0 Å². The van der Waals surface area contributed by atoms with Crippen molar-refractivity contribution in [2.45, 2.75) is 12.1 Å². The van der Waals surface area contributed by atoms with Crippen LogP contribution in [0.4, 0.5) is 0 Å². The number of amides is 1. The number of carbonyl (C=O) groups excluding carboxylic acids is 1. The smallest absolute Gasteiger partial charge is 0.253 e. The van der Waals surface area contributed by atoms with Gasteiger partial charge in [-0.05, 0) is 11.1 Å². The van der Waals surface area contributed by atoms with Crippen LogP contribution in [0, 0.1) is 0 Å². The lowest BCUT2D eigenvalue weighted by Crippen LogP contribution is -2.35. The molecule has 0 aliphatic rings. The van der Waals surface area contributed by atoms with Crippen LogP contribution in [0.1, 0.15) is 23.3 Å². The third kappa shape index (κ3) is 4.15. The summed E-state index contributed by atoms with van der Waals surface area (Å²) in [6.07, 6.45) is -0.617. The van der Waals surface area contributed by atoms with Gasteiger partial charge in [0.15, 0.2) is 6.10 Å². The van der Waals surface area contributed by atoms with Crippen molar-refractivity contribution in [2.24, 2.45) is 5.73 Å². The minimum absolute atomic E-state index is 0.185. The van der Waals surface area contributed by atoms with E-state index in [0.29, 0.717) is 6.54 Å². The molecule has 4 nitrogen and oxygen atoms in total. The fourth-order valence-corrected chi connectivity index (χ4v) is 2.14. The zero-order valence-electron chi connectivity index (χ0n) is 12.0. The number of rotatable bonds is 6. The van der Waals surface area contributed by atoms with Gasteiger partial charge in [-0.1, -0.05) is 60.7 Å². The molecule has 2 atom stereocenters. The molecule has 0 radical (unpaired) electrons. The Kier molecular flexibility index (Phi) is 5.49. The number of hydrogen-bond acceptors (Lipinski definition) is 3. The predicted octanol–water partition coefficient (Wildman–Crippen LogP) is 2.19. The first-order valence-electron chi connectivity index (χ1n) is 6.88. The molecule has 0 heterocycles. The van der Waals surface area contributed by atoms with Gasteiger partial charge >= 0.3 is 0 Å². The summed E-state index contributed by atoms with van der Waals surface area (Å²) in [5.41, 5.74) is 7.88. The van der Waals surface area contributed by atoms with Gasteiger partial charge in [0.2, 0.25) is 0 Å². The Morgan fingerprint density at radius 2 is 1.57 bits per heavy atom. The first-order chi connectivity index (χ1) is 10.2. The maximum atomic E-state index is 12.2. The lowest BCUT2D eigenvalue weighted by atomic mass is 10.1. The van der Waals surface area contributed by atoms with E-state index in [4.69, 9.17) is 10.5 Å². The Morgan fingerprint density at radius 3 is 2.10 bits per heavy atom. The molecule has 4 heteroatoms. The quantitative estimate of drug-likeness (QED) is 0.854.